The molecule has 6 atom stereocenters. The largest absolute Gasteiger partial charge is 0.472 e. The molecule has 0 spiro atoms. The molecule has 3 unspecified atom stereocenters. The lowest BCUT2D eigenvalue weighted by Crippen LogP contribution is -2.30. The van der Waals surface area contributed by atoms with Crippen LogP contribution in [0.1, 0.15) is 402 Å². The molecule has 0 aromatic carbocycles. The lowest BCUT2D eigenvalue weighted by atomic mass is 9.99. The fraction of sp³-hybridized carbons (Fsp3) is 0.949. The van der Waals surface area contributed by atoms with Crippen LogP contribution in [0.5, 0.6) is 0 Å². The molecule has 0 aliphatic carbocycles. The summed E-state index contributed by atoms with van der Waals surface area (Å²) in [4.78, 5) is 72.9. The van der Waals surface area contributed by atoms with Gasteiger partial charge in [-0.3, -0.25) is 37.3 Å². The van der Waals surface area contributed by atoms with Crippen molar-refractivity contribution in [2.24, 2.45) is 17.8 Å². The highest BCUT2D eigenvalue weighted by Gasteiger charge is 2.30. The fourth-order valence-electron chi connectivity index (χ4n) is 11.9. The van der Waals surface area contributed by atoms with E-state index in [1.165, 1.54) is 212 Å². The van der Waals surface area contributed by atoms with Crippen LogP contribution in [0.15, 0.2) is 0 Å². The van der Waals surface area contributed by atoms with E-state index in [0.717, 1.165) is 108 Å². The smallest absolute Gasteiger partial charge is 0.462 e. The Morgan fingerprint density at radius 2 is 0.526 bits per heavy atom. The molecule has 0 rings (SSSR count). The normalized spacial score (nSPS) is 14.3. The Hall–Kier alpha value is -1.94. The number of phosphoric acid groups is 2. The third-order valence-electron chi connectivity index (χ3n) is 18.5. The summed E-state index contributed by atoms with van der Waals surface area (Å²) in [6, 6.07) is 0. The molecule has 0 bridgehead atoms. The van der Waals surface area contributed by atoms with Gasteiger partial charge >= 0.3 is 39.5 Å². The van der Waals surface area contributed by atoms with Crippen molar-refractivity contribution in [1.29, 1.82) is 0 Å². The molecule has 0 radical (unpaired) electrons. The van der Waals surface area contributed by atoms with Gasteiger partial charge in [-0.25, -0.2) is 9.13 Å². The van der Waals surface area contributed by atoms with Crippen molar-refractivity contribution in [2.45, 2.75) is 420 Å². The number of unbranched alkanes of at least 4 members (excludes halogenated alkanes) is 43. The minimum Gasteiger partial charge on any atom is -0.462 e. The van der Waals surface area contributed by atoms with Gasteiger partial charge in [0, 0.05) is 25.7 Å². The fourth-order valence-corrected chi connectivity index (χ4v) is 13.5. The topological polar surface area (TPSA) is 237 Å². The first kappa shape index (κ1) is 95.1. The third kappa shape index (κ3) is 70.9. The maximum absolute atomic E-state index is 13.1. The Labute approximate surface area is 594 Å². The number of aliphatic hydroxyl groups excluding tert-OH is 1. The molecule has 0 aliphatic heterocycles. The van der Waals surface area contributed by atoms with Crippen LogP contribution in [0.2, 0.25) is 0 Å². The summed E-state index contributed by atoms with van der Waals surface area (Å²) in [6.45, 7) is 12.0. The Morgan fingerprint density at radius 1 is 0.299 bits per heavy atom. The number of rotatable bonds is 76. The van der Waals surface area contributed by atoms with Crippen LogP contribution in [-0.4, -0.2) is 96.7 Å². The van der Waals surface area contributed by atoms with Crippen molar-refractivity contribution >= 4 is 39.5 Å². The van der Waals surface area contributed by atoms with Gasteiger partial charge in [0.15, 0.2) is 12.2 Å². The summed E-state index contributed by atoms with van der Waals surface area (Å²) >= 11 is 0. The molecule has 0 saturated heterocycles. The first-order valence-electron chi connectivity index (χ1n) is 40.4. The number of carbonyl (C=O) groups excluding carboxylic acids is 4. The maximum atomic E-state index is 13.1. The van der Waals surface area contributed by atoms with Gasteiger partial charge in [-0.15, -0.1) is 0 Å². The van der Waals surface area contributed by atoms with E-state index in [-0.39, 0.29) is 25.7 Å². The monoisotopic (exact) mass is 1420 g/mol. The summed E-state index contributed by atoms with van der Waals surface area (Å²) in [7, 11) is -9.91. The molecule has 0 aliphatic rings. The molecule has 0 heterocycles. The quantitative estimate of drug-likeness (QED) is 0.0222. The minimum atomic E-state index is -4.96. The van der Waals surface area contributed by atoms with E-state index in [4.69, 9.17) is 37.0 Å². The molecule has 576 valence electrons. The van der Waals surface area contributed by atoms with Gasteiger partial charge < -0.3 is 33.8 Å². The first-order valence-corrected chi connectivity index (χ1v) is 43.4. The summed E-state index contributed by atoms with van der Waals surface area (Å²) in [5.41, 5.74) is 0. The molecule has 0 aromatic rings. The summed E-state index contributed by atoms with van der Waals surface area (Å²) in [6.07, 6.45) is 55.4. The molecule has 97 heavy (non-hydrogen) atoms. The number of hydrogen-bond acceptors (Lipinski definition) is 15. The molecule has 0 amide bonds. The van der Waals surface area contributed by atoms with E-state index in [1.807, 2.05) is 0 Å². The predicted molar refractivity (Wildman–Crippen MR) is 395 cm³/mol. The van der Waals surface area contributed by atoms with Gasteiger partial charge in [-0.05, 0) is 43.4 Å². The second-order valence-corrected chi connectivity index (χ2v) is 32.2. The van der Waals surface area contributed by atoms with Crippen LogP contribution in [0.3, 0.4) is 0 Å². The van der Waals surface area contributed by atoms with E-state index in [0.29, 0.717) is 25.7 Å². The number of carbonyl (C=O) groups is 4. The maximum Gasteiger partial charge on any atom is 0.472 e. The number of esters is 4. The average Bonchev–Trinajstić information content (AvgIpc) is 1.77. The molecule has 0 fully saturated rings. The van der Waals surface area contributed by atoms with Gasteiger partial charge in [0.2, 0.25) is 0 Å². The van der Waals surface area contributed by atoms with Crippen molar-refractivity contribution in [1.82, 2.24) is 0 Å². The number of phosphoric ester groups is 2. The van der Waals surface area contributed by atoms with Crippen molar-refractivity contribution < 1.29 is 80.2 Å². The number of ether oxygens (including phenoxy) is 4. The van der Waals surface area contributed by atoms with Crippen LogP contribution in [0.4, 0.5) is 0 Å². The molecule has 19 heteroatoms. The zero-order valence-corrected chi connectivity index (χ0v) is 65.3. The van der Waals surface area contributed by atoms with Gasteiger partial charge in [0.25, 0.3) is 0 Å². The Morgan fingerprint density at radius 3 is 0.784 bits per heavy atom. The summed E-state index contributed by atoms with van der Waals surface area (Å²) < 4.78 is 68.6. The van der Waals surface area contributed by atoms with Crippen LogP contribution in [0, 0.1) is 17.8 Å². The second kappa shape index (κ2) is 68.5. The van der Waals surface area contributed by atoms with Crippen molar-refractivity contribution in [3.05, 3.63) is 0 Å². The van der Waals surface area contributed by atoms with Crippen molar-refractivity contribution in [2.75, 3.05) is 39.6 Å². The Balaban J connectivity index is 5.24. The van der Waals surface area contributed by atoms with Gasteiger partial charge in [-0.1, -0.05) is 350 Å². The summed E-state index contributed by atoms with van der Waals surface area (Å²) in [5, 5.41) is 10.6. The molecule has 17 nitrogen and oxygen atoms in total. The second-order valence-electron chi connectivity index (χ2n) is 29.3. The predicted octanol–water partition coefficient (Wildman–Crippen LogP) is 23.0. The average molecular weight is 1420 g/mol. The van der Waals surface area contributed by atoms with Gasteiger partial charge in [-0.2, -0.15) is 0 Å². The number of hydrogen-bond donors (Lipinski definition) is 3. The van der Waals surface area contributed by atoms with Gasteiger partial charge in [0.05, 0.1) is 26.4 Å². The zero-order valence-electron chi connectivity index (χ0n) is 63.5. The Bertz CT molecular complexity index is 1890. The molecule has 0 saturated carbocycles. The van der Waals surface area contributed by atoms with E-state index in [2.05, 4.69) is 48.5 Å². The third-order valence-corrected chi connectivity index (χ3v) is 20.4. The van der Waals surface area contributed by atoms with Crippen LogP contribution in [0.25, 0.3) is 0 Å². The number of aliphatic hydroxyl groups is 1. The highest BCUT2D eigenvalue weighted by molar-refractivity contribution is 7.47. The SMILES string of the molecule is CCCCCCCCCCCC(=O)OC[C@H](COP(=O)(O)OC[C@H](O)COP(=O)(O)OC[C@@H](COC(=O)CCCCCCCCCCCCCCCC(C)C)OC(=O)CCCCCCCCCCCCCCCCCC(C)C)OC(=O)CCCCCCCCCCCCC(C)CC. The zero-order chi connectivity index (χ0) is 71.6. The lowest BCUT2D eigenvalue weighted by molar-refractivity contribution is -0.161. The molecular weight excluding hydrogens is 1270 g/mol. The molecule has 0 aromatic heterocycles. The molecule has 3 N–H and O–H groups in total. The lowest BCUT2D eigenvalue weighted by Gasteiger charge is -2.21. The van der Waals surface area contributed by atoms with E-state index in [9.17, 15) is 43.2 Å². The van der Waals surface area contributed by atoms with E-state index >= 15 is 0 Å². The first-order chi connectivity index (χ1) is 46.8. The Kier molecular flexibility index (Phi) is 67.1. The van der Waals surface area contributed by atoms with Crippen molar-refractivity contribution in [3.8, 4) is 0 Å². The van der Waals surface area contributed by atoms with Gasteiger partial charge in [0.1, 0.15) is 19.3 Å². The van der Waals surface area contributed by atoms with Crippen LogP contribution >= 0.6 is 15.6 Å². The van der Waals surface area contributed by atoms with E-state index in [1.54, 1.807) is 0 Å². The minimum absolute atomic E-state index is 0.106. The van der Waals surface area contributed by atoms with Crippen LogP contribution in [-0.2, 0) is 65.4 Å². The summed E-state index contributed by atoms with van der Waals surface area (Å²) in [5.74, 6) is 0.282. The van der Waals surface area contributed by atoms with Crippen molar-refractivity contribution in [3.63, 3.8) is 0 Å². The highest BCUT2D eigenvalue weighted by Crippen LogP contribution is 2.45. The highest BCUT2D eigenvalue weighted by atomic mass is 31.2. The van der Waals surface area contributed by atoms with E-state index < -0.39 is 97.5 Å². The standard InChI is InChI=1S/C78H152O17P2/c1-8-10-11-12-13-28-38-45-52-59-75(80)88-65-73(95-78(83)62-55-48-41-34-27-26-31-37-44-51-58-71(7)9-2)67-92-96(84,85)90-63-72(79)64-91-97(86,87)93-68-74(66-89-76(81)60-53-46-39-32-24-21-17-19-23-30-36-43-50-57-70(5)6)94-77(82)61-54-47-40-33-25-20-16-14-15-18-22-29-35-42-49-56-69(3)4/h69-74,79H,8-68H2,1-7H3,(H,84,85)(H,86,87)/t71?,72-,73+,74+/m0/s1. The van der Waals surface area contributed by atoms with Crippen LogP contribution < -0.4 is 0 Å². The molecular formula is C78H152O17P2.